The van der Waals surface area contributed by atoms with Gasteiger partial charge in [-0.3, -0.25) is 0 Å². The molecule has 0 atom stereocenters. The third-order valence-electron chi connectivity index (χ3n) is 2.13. The van der Waals surface area contributed by atoms with E-state index in [1.165, 1.54) is 14.2 Å². The van der Waals surface area contributed by atoms with Crippen molar-refractivity contribution >= 4 is 17.3 Å². The van der Waals surface area contributed by atoms with Crippen molar-refractivity contribution in [2.75, 3.05) is 31.8 Å². The molecule has 0 amide bonds. The number of carbonyl (C=O) groups is 1. The minimum atomic E-state index is -0.437. The lowest BCUT2D eigenvalue weighted by Gasteiger charge is -2.13. The fraction of sp³-hybridized carbons (Fsp3) is 0.364. The van der Waals surface area contributed by atoms with E-state index in [9.17, 15) is 4.79 Å². The maximum atomic E-state index is 11.3. The molecule has 1 aromatic carbocycles. The molecule has 5 heteroatoms. The molecule has 3 N–H and O–H groups in total. The Morgan fingerprint density at radius 3 is 2.62 bits per heavy atom. The third-order valence-corrected chi connectivity index (χ3v) is 2.13. The molecule has 0 saturated heterocycles. The first-order chi connectivity index (χ1) is 7.63. The van der Waals surface area contributed by atoms with Crippen LogP contribution in [0.15, 0.2) is 12.1 Å². The Hall–Kier alpha value is -1.91. The topological polar surface area (TPSA) is 73.6 Å². The molecule has 0 aliphatic carbocycles. The molecule has 88 valence electrons. The third kappa shape index (κ3) is 2.36. The van der Waals surface area contributed by atoms with Crippen LogP contribution < -0.4 is 15.8 Å². The largest absolute Gasteiger partial charge is 0.494 e. The summed E-state index contributed by atoms with van der Waals surface area (Å²) in [6.45, 7) is 2.67. The maximum absolute atomic E-state index is 11.3. The van der Waals surface area contributed by atoms with Gasteiger partial charge in [0, 0.05) is 6.54 Å². The minimum Gasteiger partial charge on any atom is -0.494 e. The summed E-state index contributed by atoms with van der Waals surface area (Å²) >= 11 is 0. The van der Waals surface area contributed by atoms with Gasteiger partial charge >= 0.3 is 5.97 Å². The van der Waals surface area contributed by atoms with E-state index in [0.29, 0.717) is 22.7 Å². The van der Waals surface area contributed by atoms with E-state index in [0.717, 1.165) is 6.54 Å². The number of nitrogens with two attached hydrogens (primary N) is 1. The smallest absolute Gasteiger partial charge is 0.338 e. The number of rotatable bonds is 4. The van der Waals surface area contributed by atoms with Crippen molar-refractivity contribution in [3.63, 3.8) is 0 Å². The van der Waals surface area contributed by atoms with Crippen LogP contribution in [0, 0.1) is 0 Å². The Labute approximate surface area is 94.5 Å². The van der Waals surface area contributed by atoms with Gasteiger partial charge in [-0.25, -0.2) is 4.79 Å². The van der Waals surface area contributed by atoms with Crippen LogP contribution in [0.1, 0.15) is 17.3 Å². The highest BCUT2D eigenvalue weighted by atomic mass is 16.5. The highest BCUT2D eigenvalue weighted by Gasteiger charge is 2.13. The first-order valence-corrected chi connectivity index (χ1v) is 4.93. The average Bonchev–Trinajstić information content (AvgIpc) is 2.30. The Morgan fingerprint density at radius 1 is 1.44 bits per heavy atom. The predicted octanol–water partition coefficient (Wildman–Crippen LogP) is 1.50. The molecule has 0 aromatic heterocycles. The molecule has 0 saturated carbocycles. The first-order valence-electron chi connectivity index (χ1n) is 4.93. The highest BCUT2D eigenvalue weighted by molar-refractivity contribution is 5.93. The molecule has 16 heavy (non-hydrogen) atoms. The van der Waals surface area contributed by atoms with Gasteiger partial charge in [0.15, 0.2) is 0 Å². The molecule has 5 nitrogen and oxygen atoms in total. The van der Waals surface area contributed by atoms with E-state index < -0.39 is 5.97 Å². The summed E-state index contributed by atoms with van der Waals surface area (Å²) in [5.74, 6) is 0.0929. The Bertz CT molecular complexity index is 391. The van der Waals surface area contributed by atoms with Crippen molar-refractivity contribution in [2.24, 2.45) is 0 Å². The van der Waals surface area contributed by atoms with Crippen LogP contribution in [0.25, 0.3) is 0 Å². The number of nitrogens with one attached hydrogen (secondary N) is 1. The van der Waals surface area contributed by atoms with Crippen molar-refractivity contribution in [2.45, 2.75) is 6.92 Å². The number of nitrogen functional groups attached to an aromatic ring is 1. The van der Waals surface area contributed by atoms with Crippen LogP contribution in [-0.4, -0.2) is 26.7 Å². The van der Waals surface area contributed by atoms with Gasteiger partial charge in [0.05, 0.1) is 25.5 Å². The van der Waals surface area contributed by atoms with E-state index in [4.69, 9.17) is 10.5 Å². The molecule has 0 fully saturated rings. The molecule has 0 aliphatic rings. The highest BCUT2D eigenvalue weighted by Crippen LogP contribution is 2.32. The predicted molar refractivity (Wildman–Crippen MR) is 62.9 cm³/mol. The number of hydrogen-bond donors (Lipinski definition) is 2. The van der Waals surface area contributed by atoms with Gasteiger partial charge in [0.1, 0.15) is 11.4 Å². The molecule has 1 rings (SSSR count). The fourth-order valence-electron chi connectivity index (χ4n) is 1.40. The van der Waals surface area contributed by atoms with Crippen LogP contribution in [0.3, 0.4) is 0 Å². The van der Waals surface area contributed by atoms with E-state index in [2.05, 4.69) is 10.1 Å². The molecule has 0 unspecified atom stereocenters. The van der Waals surface area contributed by atoms with Crippen molar-refractivity contribution in [3.8, 4) is 5.75 Å². The van der Waals surface area contributed by atoms with Crippen LogP contribution in [0.5, 0.6) is 5.75 Å². The molecule has 0 radical (unpaired) electrons. The molecule has 0 heterocycles. The zero-order valence-electron chi connectivity index (χ0n) is 9.66. The van der Waals surface area contributed by atoms with E-state index in [1.807, 2.05) is 6.92 Å². The Balaban J connectivity index is 3.20. The summed E-state index contributed by atoms with van der Waals surface area (Å²) in [5.41, 5.74) is 7.35. The number of anilines is 2. The van der Waals surface area contributed by atoms with E-state index >= 15 is 0 Å². The van der Waals surface area contributed by atoms with Crippen LogP contribution in [0.2, 0.25) is 0 Å². The normalized spacial score (nSPS) is 9.69. The number of benzene rings is 1. The van der Waals surface area contributed by atoms with Gasteiger partial charge in [0.25, 0.3) is 0 Å². The van der Waals surface area contributed by atoms with E-state index in [-0.39, 0.29) is 0 Å². The summed E-state index contributed by atoms with van der Waals surface area (Å²) in [6.07, 6.45) is 0. The second-order valence-corrected chi connectivity index (χ2v) is 3.16. The number of esters is 1. The van der Waals surface area contributed by atoms with Gasteiger partial charge in [-0.05, 0) is 19.1 Å². The second-order valence-electron chi connectivity index (χ2n) is 3.16. The van der Waals surface area contributed by atoms with Gasteiger partial charge < -0.3 is 20.5 Å². The zero-order chi connectivity index (χ0) is 12.1. The average molecular weight is 224 g/mol. The standard InChI is InChI=1S/C11H16N2O3/c1-4-13-10-8(12)5-7(11(14)16-3)6-9(10)15-2/h5-6,13H,4,12H2,1-3H3. The summed E-state index contributed by atoms with van der Waals surface area (Å²) in [6, 6.07) is 3.16. The zero-order valence-corrected chi connectivity index (χ0v) is 9.66. The summed E-state index contributed by atoms with van der Waals surface area (Å²) < 4.78 is 9.78. The maximum Gasteiger partial charge on any atom is 0.338 e. The van der Waals surface area contributed by atoms with Crippen molar-refractivity contribution in [1.82, 2.24) is 0 Å². The van der Waals surface area contributed by atoms with Crippen LogP contribution in [0.4, 0.5) is 11.4 Å². The molecule has 0 spiro atoms. The summed E-state index contributed by atoms with van der Waals surface area (Å²) in [7, 11) is 2.85. The van der Waals surface area contributed by atoms with Crippen molar-refractivity contribution in [3.05, 3.63) is 17.7 Å². The van der Waals surface area contributed by atoms with Gasteiger partial charge in [-0.15, -0.1) is 0 Å². The van der Waals surface area contributed by atoms with Crippen LogP contribution >= 0.6 is 0 Å². The number of methoxy groups -OCH3 is 2. The summed E-state index contributed by atoms with van der Waals surface area (Å²) in [4.78, 5) is 11.3. The Morgan fingerprint density at radius 2 is 2.12 bits per heavy atom. The second kappa shape index (κ2) is 5.25. The van der Waals surface area contributed by atoms with Crippen LogP contribution in [-0.2, 0) is 4.74 Å². The fourth-order valence-corrected chi connectivity index (χ4v) is 1.40. The lowest BCUT2D eigenvalue weighted by atomic mass is 10.1. The number of ether oxygens (including phenoxy) is 2. The van der Waals surface area contributed by atoms with Crippen molar-refractivity contribution in [1.29, 1.82) is 0 Å². The monoisotopic (exact) mass is 224 g/mol. The quantitative estimate of drug-likeness (QED) is 0.599. The molecule has 1 aromatic rings. The molecular weight excluding hydrogens is 208 g/mol. The van der Waals surface area contributed by atoms with Gasteiger partial charge in [-0.2, -0.15) is 0 Å². The Kier molecular flexibility index (Phi) is 3.99. The molecular formula is C11H16N2O3. The van der Waals surface area contributed by atoms with Gasteiger partial charge in [-0.1, -0.05) is 0 Å². The molecule has 0 aliphatic heterocycles. The minimum absolute atomic E-state index is 0.374. The number of carbonyl (C=O) groups excluding carboxylic acids is 1. The number of hydrogen-bond acceptors (Lipinski definition) is 5. The lowest BCUT2D eigenvalue weighted by Crippen LogP contribution is -2.07. The van der Waals surface area contributed by atoms with Crippen molar-refractivity contribution < 1.29 is 14.3 Å². The first kappa shape index (κ1) is 12.2. The SMILES string of the molecule is CCNc1c(N)cc(C(=O)OC)cc1OC. The lowest BCUT2D eigenvalue weighted by molar-refractivity contribution is 0.0600. The summed E-state index contributed by atoms with van der Waals surface area (Å²) in [5, 5.41) is 3.08. The van der Waals surface area contributed by atoms with Gasteiger partial charge in [0.2, 0.25) is 0 Å². The van der Waals surface area contributed by atoms with E-state index in [1.54, 1.807) is 12.1 Å². The molecule has 0 bridgehead atoms.